The average molecular weight is 412 g/mol. The van der Waals surface area contributed by atoms with Crippen molar-refractivity contribution in [1.82, 2.24) is 0 Å². The van der Waals surface area contributed by atoms with Crippen LogP contribution in [-0.4, -0.2) is 31.4 Å². The zero-order valence-corrected chi connectivity index (χ0v) is 15.7. The standard InChI is InChI=1S/C17H18BrNO6/c1-4-24-13(22)8-7-12(21)19-15-14-10(18)5-6-11(23-3)17(14)25-16(15)9(2)20/h5-6H,4,7-8H2,1-3H3,(H,19,21). The number of fused-ring (bicyclic) bond motifs is 1. The molecule has 0 radical (unpaired) electrons. The Balaban J connectivity index is 2.36. The number of ether oxygens (including phenoxy) is 2. The smallest absolute Gasteiger partial charge is 0.306 e. The minimum atomic E-state index is -0.454. The zero-order valence-electron chi connectivity index (χ0n) is 14.1. The summed E-state index contributed by atoms with van der Waals surface area (Å²) in [5.41, 5.74) is 0.602. The van der Waals surface area contributed by atoms with E-state index in [9.17, 15) is 14.4 Å². The second-order valence-corrected chi connectivity index (χ2v) is 6.02. The molecular weight excluding hydrogens is 394 g/mol. The predicted octanol–water partition coefficient (Wildman–Crippen LogP) is 3.69. The van der Waals surface area contributed by atoms with Gasteiger partial charge in [0, 0.05) is 17.8 Å². The summed E-state index contributed by atoms with van der Waals surface area (Å²) in [4.78, 5) is 35.5. The molecule has 7 nitrogen and oxygen atoms in total. The maximum absolute atomic E-state index is 12.2. The van der Waals surface area contributed by atoms with E-state index in [1.165, 1.54) is 14.0 Å². The van der Waals surface area contributed by atoms with Gasteiger partial charge in [-0.15, -0.1) is 0 Å². The monoisotopic (exact) mass is 411 g/mol. The molecule has 0 atom stereocenters. The Kier molecular flexibility index (Phi) is 6.19. The third-order valence-corrected chi connectivity index (χ3v) is 4.08. The Morgan fingerprint density at radius 2 is 1.96 bits per heavy atom. The van der Waals surface area contributed by atoms with Crippen LogP contribution in [0.3, 0.4) is 0 Å². The molecule has 0 saturated heterocycles. The van der Waals surface area contributed by atoms with Gasteiger partial charge in [-0.3, -0.25) is 14.4 Å². The van der Waals surface area contributed by atoms with Crippen LogP contribution in [0.25, 0.3) is 11.0 Å². The first-order chi connectivity index (χ1) is 11.9. The molecule has 1 heterocycles. The number of benzene rings is 1. The number of hydrogen-bond donors (Lipinski definition) is 1. The molecule has 8 heteroatoms. The first-order valence-corrected chi connectivity index (χ1v) is 8.43. The molecule has 0 aliphatic carbocycles. The number of rotatable bonds is 7. The molecule has 0 saturated carbocycles. The van der Waals surface area contributed by atoms with E-state index in [1.54, 1.807) is 19.1 Å². The molecule has 0 aliphatic rings. The van der Waals surface area contributed by atoms with E-state index in [0.29, 0.717) is 21.2 Å². The van der Waals surface area contributed by atoms with Gasteiger partial charge < -0.3 is 19.2 Å². The van der Waals surface area contributed by atoms with Crippen molar-refractivity contribution in [2.24, 2.45) is 0 Å². The molecule has 1 aromatic heterocycles. The number of carbonyl (C=O) groups is 3. The molecule has 134 valence electrons. The van der Waals surface area contributed by atoms with Gasteiger partial charge in [0.2, 0.25) is 5.91 Å². The SMILES string of the molecule is CCOC(=O)CCC(=O)Nc1c(C(C)=O)oc2c(OC)ccc(Br)c12. The van der Waals surface area contributed by atoms with Gasteiger partial charge in [0.15, 0.2) is 22.9 Å². The van der Waals surface area contributed by atoms with Gasteiger partial charge in [-0.1, -0.05) is 0 Å². The highest BCUT2D eigenvalue weighted by Crippen LogP contribution is 2.41. The topological polar surface area (TPSA) is 94.8 Å². The highest BCUT2D eigenvalue weighted by atomic mass is 79.9. The first kappa shape index (κ1) is 19.0. The fourth-order valence-corrected chi connectivity index (χ4v) is 2.83. The molecule has 2 aromatic rings. The Hall–Kier alpha value is -2.35. The van der Waals surface area contributed by atoms with E-state index in [0.717, 1.165) is 0 Å². The lowest BCUT2D eigenvalue weighted by Crippen LogP contribution is -2.15. The average Bonchev–Trinajstić information content (AvgIpc) is 2.94. The lowest BCUT2D eigenvalue weighted by atomic mass is 10.1. The number of ketones is 1. The van der Waals surface area contributed by atoms with Crippen molar-refractivity contribution in [1.29, 1.82) is 0 Å². The fourth-order valence-electron chi connectivity index (χ4n) is 2.32. The number of hydrogen-bond acceptors (Lipinski definition) is 6. The van der Waals surface area contributed by atoms with E-state index in [1.807, 2.05) is 0 Å². The van der Waals surface area contributed by atoms with Crippen LogP contribution in [0.5, 0.6) is 5.75 Å². The molecule has 1 aromatic carbocycles. The van der Waals surface area contributed by atoms with E-state index in [2.05, 4.69) is 21.2 Å². The molecule has 25 heavy (non-hydrogen) atoms. The summed E-state index contributed by atoms with van der Waals surface area (Å²) < 4.78 is 16.3. The molecule has 0 spiro atoms. The van der Waals surface area contributed by atoms with Crippen LogP contribution in [0, 0.1) is 0 Å². The number of methoxy groups -OCH3 is 1. The van der Waals surface area contributed by atoms with Gasteiger partial charge in [0.05, 0.1) is 25.5 Å². The van der Waals surface area contributed by atoms with E-state index in [4.69, 9.17) is 13.9 Å². The van der Waals surface area contributed by atoms with Crippen molar-refractivity contribution >= 4 is 50.2 Å². The number of Topliss-reactive ketones (excluding diaryl/α,β-unsaturated/α-hetero) is 1. The van der Waals surface area contributed by atoms with Crippen LogP contribution in [0.4, 0.5) is 5.69 Å². The van der Waals surface area contributed by atoms with Crippen LogP contribution in [-0.2, 0) is 14.3 Å². The van der Waals surface area contributed by atoms with Crippen molar-refractivity contribution in [3.8, 4) is 5.75 Å². The van der Waals surface area contributed by atoms with Crippen molar-refractivity contribution in [2.75, 3.05) is 19.0 Å². The van der Waals surface area contributed by atoms with Gasteiger partial charge >= 0.3 is 5.97 Å². The largest absolute Gasteiger partial charge is 0.493 e. The third kappa shape index (κ3) is 4.19. The fraction of sp³-hybridized carbons (Fsp3) is 0.353. The molecule has 0 fully saturated rings. The van der Waals surface area contributed by atoms with Crippen molar-refractivity contribution in [3.63, 3.8) is 0 Å². The van der Waals surface area contributed by atoms with Gasteiger partial charge in [0.25, 0.3) is 0 Å². The number of esters is 1. The lowest BCUT2D eigenvalue weighted by Gasteiger charge is -2.06. The van der Waals surface area contributed by atoms with E-state index >= 15 is 0 Å². The predicted molar refractivity (Wildman–Crippen MR) is 95.0 cm³/mol. The summed E-state index contributed by atoms with van der Waals surface area (Å²) in [7, 11) is 1.48. The molecule has 2 rings (SSSR count). The van der Waals surface area contributed by atoms with Crippen LogP contribution in [0.2, 0.25) is 0 Å². The molecule has 0 unspecified atom stereocenters. The van der Waals surface area contributed by atoms with Crippen LogP contribution >= 0.6 is 15.9 Å². The summed E-state index contributed by atoms with van der Waals surface area (Å²) in [5, 5.41) is 3.18. The second kappa shape index (κ2) is 8.15. The number of carbonyl (C=O) groups excluding carboxylic acids is 3. The van der Waals surface area contributed by atoms with Crippen molar-refractivity contribution < 1.29 is 28.3 Å². The Morgan fingerprint density at radius 1 is 1.24 bits per heavy atom. The maximum atomic E-state index is 12.2. The Morgan fingerprint density at radius 3 is 2.56 bits per heavy atom. The zero-order chi connectivity index (χ0) is 18.6. The first-order valence-electron chi connectivity index (χ1n) is 7.64. The Labute approximate surface area is 152 Å². The van der Waals surface area contributed by atoms with Gasteiger partial charge in [-0.05, 0) is 35.0 Å². The molecule has 0 bridgehead atoms. The van der Waals surface area contributed by atoms with Gasteiger partial charge in [-0.2, -0.15) is 0 Å². The quantitative estimate of drug-likeness (QED) is 0.551. The summed E-state index contributed by atoms with van der Waals surface area (Å²) in [6.07, 6.45) is -0.111. The van der Waals surface area contributed by atoms with Gasteiger partial charge in [-0.25, -0.2) is 0 Å². The molecule has 1 amide bonds. The van der Waals surface area contributed by atoms with E-state index in [-0.39, 0.29) is 36.7 Å². The normalized spacial score (nSPS) is 10.6. The minimum absolute atomic E-state index is 0.0182. The number of halogens is 1. The van der Waals surface area contributed by atoms with Gasteiger partial charge in [0.1, 0.15) is 5.69 Å². The number of furan rings is 1. The third-order valence-electron chi connectivity index (χ3n) is 3.42. The maximum Gasteiger partial charge on any atom is 0.306 e. The number of amides is 1. The van der Waals surface area contributed by atoms with Crippen molar-refractivity contribution in [2.45, 2.75) is 26.7 Å². The molecule has 1 N–H and O–H groups in total. The summed E-state index contributed by atoms with van der Waals surface area (Å²) >= 11 is 3.39. The molecule has 0 aliphatic heterocycles. The lowest BCUT2D eigenvalue weighted by molar-refractivity contribution is -0.144. The highest BCUT2D eigenvalue weighted by Gasteiger charge is 2.24. The van der Waals surface area contributed by atoms with Crippen LogP contribution in [0.1, 0.15) is 37.2 Å². The Bertz CT molecular complexity index is 826. The van der Waals surface area contributed by atoms with Crippen molar-refractivity contribution in [3.05, 3.63) is 22.4 Å². The number of anilines is 1. The van der Waals surface area contributed by atoms with Crippen LogP contribution < -0.4 is 10.1 Å². The molecular formula is C17H18BrNO6. The second-order valence-electron chi connectivity index (χ2n) is 5.17. The highest BCUT2D eigenvalue weighted by molar-refractivity contribution is 9.10. The van der Waals surface area contributed by atoms with E-state index < -0.39 is 11.9 Å². The summed E-state index contributed by atoms with van der Waals surface area (Å²) in [6, 6.07) is 3.42. The minimum Gasteiger partial charge on any atom is -0.493 e. The summed E-state index contributed by atoms with van der Waals surface area (Å²) in [6.45, 7) is 3.29. The number of nitrogens with one attached hydrogen (secondary N) is 1. The van der Waals surface area contributed by atoms with Crippen LogP contribution in [0.15, 0.2) is 21.0 Å². The summed E-state index contributed by atoms with van der Waals surface area (Å²) in [5.74, 6) is -0.763.